The number of imidazole rings is 1. The molecule has 0 unspecified atom stereocenters. The fourth-order valence-electron chi connectivity index (χ4n) is 5.48. The molecular formula is C33H41Cl2F3N6O3. The number of likely N-dealkylation sites (N-methyl/N-ethyl adjacent to an activating group) is 1. The van der Waals surface area contributed by atoms with Crippen LogP contribution in [0, 0.1) is 11.3 Å². The number of nitrogens with zero attached hydrogens (tertiary/aromatic N) is 4. The normalized spacial score (nSPS) is 15.9. The first-order valence-electron chi connectivity index (χ1n) is 15.3. The van der Waals surface area contributed by atoms with Gasteiger partial charge in [0.15, 0.2) is 0 Å². The molecule has 1 saturated carbocycles. The standard InChI is InChI=1S/C33H41Cl2F3N6O3/c1-31(2,3)29(46)39-16-18-8-13-22(34)27(26(18)35)42-30-41-23-14-21(24(15-25(23)44(30)7)43(6)17-32(4,5)47)28(45)40-20-11-9-19(10-12-20)33(36,37)38/h8,13-15,19,47H,9-12,16-17H2,1-7H3,(H,39,46)(H,41,42). The molecule has 2 amide bonds. The Labute approximate surface area is 282 Å². The molecule has 9 nitrogen and oxygen atoms in total. The largest absolute Gasteiger partial charge is 0.391 e. The van der Waals surface area contributed by atoms with E-state index in [0.717, 1.165) is 0 Å². The summed E-state index contributed by atoms with van der Waals surface area (Å²) < 4.78 is 41.3. The van der Waals surface area contributed by atoms with E-state index in [9.17, 15) is 27.9 Å². The second kappa shape index (κ2) is 13.6. The van der Waals surface area contributed by atoms with E-state index in [2.05, 4.69) is 15.6 Å². The minimum Gasteiger partial charge on any atom is -0.389 e. The monoisotopic (exact) mass is 696 g/mol. The first kappa shape index (κ1) is 36.5. The number of benzene rings is 2. The number of aryl methyl sites for hydroxylation is 1. The zero-order chi connectivity index (χ0) is 35.1. The van der Waals surface area contributed by atoms with Gasteiger partial charge in [0.1, 0.15) is 0 Å². The maximum absolute atomic E-state index is 13.6. The molecule has 1 fully saturated rings. The molecule has 1 aliphatic carbocycles. The Bertz CT molecular complexity index is 1700. The maximum Gasteiger partial charge on any atom is 0.391 e. The van der Waals surface area contributed by atoms with Crippen LogP contribution in [0.5, 0.6) is 0 Å². The van der Waals surface area contributed by atoms with Crippen molar-refractivity contribution >= 4 is 69.1 Å². The van der Waals surface area contributed by atoms with E-state index in [1.165, 1.54) is 0 Å². The molecule has 0 atom stereocenters. The van der Waals surface area contributed by atoms with Crippen LogP contribution in [-0.4, -0.2) is 57.6 Å². The van der Waals surface area contributed by atoms with E-state index in [1.54, 1.807) is 61.7 Å². The van der Waals surface area contributed by atoms with E-state index in [0.29, 0.717) is 49.7 Å². The molecule has 3 aromatic rings. The molecular weight excluding hydrogens is 656 g/mol. The lowest BCUT2D eigenvalue weighted by Gasteiger charge is -2.28. The van der Waals surface area contributed by atoms with Gasteiger partial charge in [-0.1, -0.05) is 50.0 Å². The molecule has 1 aromatic heterocycles. The van der Waals surface area contributed by atoms with Crippen LogP contribution in [0.1, 0.15) is 76.2 Å². The van der Waals surface area contributed by atoms with Crippen LogP contribution in [0.4, 0.5) is 30.5 Å². The molecule has 256 valence electrons. The minimum absolute atomic E-state index is 0.0884. The highest BCUT2D eigenvalue weighted by atomic mass is 35.5. The van der Waals surface area contributed by atoms with Crippen LogP contribution in [-0.2, 0) is 18.4 Å². The number of carbonyl (C=O) groups is 2. The molecule has 0 bridgehead atoms. The topological polar surface area (TPSA) is 112 Å². The smallest absolute Gasteiger partial charge is 0.389 e. The van der Waals surface area contributed by atoms with Crippen molar-refractivity contribution in [2.45, 2.75) is 78.6 Å². The Morgan fingerprint density at radius 1 is 1.11 bits per heavy atom. The SMILES string of the molecule is CN(CC(C)(C)O)c1cc2c(cc1C(=O)N=C1CCC(C(F)(F)F)CC1)nc(Nc1c(Cl)ccc(CNC(=O)C(C)(C)C)c1Cl)n2C. The van der Waals surface area contributed by atoms with Crippen molar-refractivity contribution in [1.29, 1.82) is 0 Å². The predicted molar refractivity (Wildman–Crippen MR) is 181 cm³/mol. The Morgan fingerprint density at radius 3 is 2.32 bits per heavy atom. The quantitative estimate of drug-likeness (QED) is 0.221. The van der Waals surface area contributed by atoms with Crippen LogP contribution in [0.25, 0.3) is 11.0 Å². The highest BCUT2D eigenvalue weighted by molar-refractivity contribution is 6.39. The highest BCUT2D eigenvalue weighted by Gasteiger charge is 2.41. The van der Waals surface area contributed by atoms with Gasteiger partial charge in [-0.3, -0.25) is 9.59 Å². The molecule has 1 aliphatic rings. The van der Waals surface area contributed by atoms with Crippen LogP contribution in [0.3, 0.4) is 0 Å². The van der Waals surface area contributed by atoms with Gasteiger partial charge in [0.25, 0.3) is 5.91 Å². The summed E-state index contributed by atoms with van der Waals surface area (Å²) in [7, 11) is 3.50. The Morgan fingerprint density at radius 2 is 1.74 bits per heavy atom. The number of aromatic nitrogens is 2. The lowest BCUT2D eigenvalue weighted by Crippen LogP contribution is -2.36. The summed E-state index contributed by atoms with van der Waals surface area (Å²) in [6, 6.07) is 6.74. The second-order valence-corrected chi connectivity index (χ2v) is 14.6. The third kappa shape index (κ3) is 8.77. The van der Waals surface area contributed by atoms with Crippen LogP contribution in [0.2, 0.25) is 10.0 Å². The number of rotatable bonds is 8. The Hall–Kier alpha value is -3.35. The summed E-state index contributed by atoms with van der Waals surface area (Å²) >= 11 is 13.3. The van der Waals surface area contributed by atoms with Crippen molar-refractivity contribution in [2.24, 2.45) is 23.4 Å². The number of nitrogens with one attached hydrogen (secondary N) is 2. The highest BCUT2D eigenvalue weighted by Crippen LogP contribution is 2.39. The van der Waals surface area contributed by atoms with Crippen LogP contribution < -0.4 is 15.5 Å². The predicted octanol–water partition coefficient (Wildman–Crippen LogP) is 7.83. The molecule has 4 rings (SSSR count). The number of aliphatic hydroxyl groups is 1. The Kier molecular flexibility index (Phi) is 10.6. The van der Waals surface area contributed by atoms with Crippen molar-refractivity contribution in [3.8, 4) is 0 Å². The van der Waals surface area contributed by atoms with Crippen molar-refractivity contribution in [2.75, 3.05) is 23.8 Å². The number of amides is 2. The average Bonchev–Trinajstić information content (AvgIpc) is 3.26. The molecule has 2 aromatic carbocycles. The van der Waals surface area contributed by atoms with Gasteiger partial charge in [0.05, 0.1) is 49.5 Å². The van der Waals surface area contributed by atoms with E-state index in [1.807, 2.05) is 20.8 Å². The lowest BCUT2D eigenvalue weighted by atomic mass is 9.87. The third-order valence-corrected chi connectivity index (χ3v) is 8.82. The van der Waals surface area contributed by atoms with Gasteiger partial charge in [0.2, 0.25) is 11.9 Å². The summed E-state index contributed by atoms with van der Waals surface area (Å²) in [5.74, 6) is -1.77. The summed E-state index contributed by atoms with van der Waals surface area (Å²) in [4.78, 5) is 36.7. The minimum atomic E-state index is -4.27. The molecule has 0 radical (unpaired) electrons. The van der Waals surface area contributed by atoms with Gasteiger partial charge in [0, 0.05) is 38.3 Å². The number of fused-ring (bicyclic) bond motifs is 1. The molecule has 47 heavy (non-hydrogen) atoms. The average molecular weight is 698 g/mol. The van der Waals surface area contributed by atoms with Crippen molar-refractivity contribution in [1.82, 2.24) is 14.9 Å². The van der Waals surface area contributed by atoms with Gasteiger partial charge in [-0.2, -0.15) is 13.2 Å². The summed E-state index contributed by atoms with van der Waals surface area (Å²) in [6.07, 6.45) is -4.30. The molecule has 0 aliphatic heterocycles. The zero-order valence-corrected chi connectivity index (χ0v) is 29.1. The number of anilines is 3. The van der Waals surface area contributed by atoms with Crippen molar-refractivity contribution < 1.29 is 27.9 Å². The number of aliphatic imine (C=N–C) groups is 1. The molecule has 0 spiro atoms. The van der Waals surface area contributed by atoms with Crippen molar-refractivity contribution in [3.63, 3.8) is 0 Å². The zero-order valence-electron chi connectivity index (χ0n) is 27.6. The second-order valence-electron chi connectivity index (χ2n) is 13.8. The fourth-order valence-corrected chi connectivity index (χ4v) is 6.02. The van der Waals surface area contributed by atoms with Crippen molar-refractivity contribution in [3.05, 3.63) is 45.4 Å². The fraction of sp³-hybridized carbons (Fsp3) is 0.515. The molecule has 14 heteroatoms. The first-order valence-corrected chi connectivity index (χ1v) is 16.0. The van der Waals surface area contributed by atoms with Crippen LogP contribution >= 0.6 is 23.2 Å². The maximum atomic E-state index is 13.6. The third-order valence-electron chi connectivity index (χ3n) is 8.08. The summed E-state index contributed by atoms with van der Waals surface area (Å²) in [5, 5.41) is 17.2. The number of carbonyl (C=O) groups excluding carboxylic acids is 2. The van der Waals surface area contributed by atoms with Gasteiger partial charge < -0.3 is 25.2 Å². The molecule has 0 saturated heterocycles. The van der Waals surface area contributed by atoms with E-state index in [-0.39, 0.29) is 50.2 Å². The van der Waals surface area contributed by atoms with Gasteiger partial charge in [-0.05, 0) is 63.3 Å². The number of hydrogen-bond donors (Lipinski definition) is 3. The van der Waals surface area contributed by atoms with Gasteiger partial charge >= 0.3 is 6.18 Å². The van der Waals surface area contributed by atoms with Gasteiger partial charge in [-0.25, -0.2) is 9.98 Å². The summed E-state index contributed by atoms with van der Waals surface area (Å²) in [5.41, 5.74) is 1.53. The van der Waals surface area contributed by atoms with E-state index < -0.39 is 29.0 Å². The lowest BCUT2D eigenvalue weighted by molar-refractivity contribution is -0.178. The molecule has 1 heterocycles. The number of halogens is 5. The van der Waals surface area contributed by atoms with Gasteiger partial charge in [-0.15, -0.1) is 0 Å². The molecule has 3 N–H and O–H groups in total. The summed E-state index contributed by atoms with van der Waals surface area (Å²) in [6.45, 7) is 9.09. The number of alkyl halides is 3. The number of hydrogen-bond acceptors (Lipinski definition) is 6. The Balaban J connectivity index is 1.70. The van der Waals surface area contributed by atoms with E-state index >= 15 is 0 Å². The van der Waals surface area contributed by atoms with E-state index in [4.69, 9.17) is 28.2 Å². The van der Waals surface area contributed by atoms with Crippen LogP contribution in [0.15, 0.2) is 29.3 Å². The first-order chi connectivity index (χ1) is 21.7.